The van der Waals surface area contributed by atoms with Gasteiger partial charge in [0.25, 0.3) is 5.69 Å². The lowest BCUT2D eigenvalue weighted by Crippen LogP contribution is -2.19. The smallest absolute Gasteiger partial charge is 0.328 e. The van der Waals surface area contributed by atoms with Crippen molar-refractivity contribution in [3.8, 4) is 17.1 Å². The Balaban J connectivity index is 1.58. The number of phenols is 1. The maximum atomic E-state index is 12.7. The van der Waals surface area contributed by atoms with Gasteiger partial charge >= 0.3 is 5.69 Å². The molecule has 0 aliphatic rings. The van der Waals surface area contributed by atoms with Crippen LogP contribution in [0.25, 0.3) is 22.4 Å². The highest BCUT2D eigenvalue weighted by Crippen LogP contribution is 2.32. The van der Waals surface area contributed by atoms with Gasteiger partial charge in [0.2, 0.25) is 5.91 Å². The van der Waals surface area contributed by atoms with Gasteiger partial charge in [0, 0.05) is 26.7 Å². The molecule has 0 saturated heterocycles. The van der Waals surface area contributed by atoms with Crippen molar-refractivity contribution in [2.75, 3.05) is 11.1 Å². The highest BCUT2D eigenvalue weighted by atomic mass is 32.2. The maximum Gasteiger partial charge on any atom is 0.328 e. The van der Waals surface area contributed by atoms with Gasteiger partial charge in [0.1, 0.15) is 11.4 Å². The summed E-state index contributed by atoms with van der Waals surface area (Å²) in [6.07, 6.45) is 1.64. The molecule has 2 aromatic carbocycles. The molecule has 0 radical (unpaired) electrons. The van der Waals surface area contributed by atoms with E-state index < -0.39 is 10.8 Å². The first-order valence-electron chi connectivity index (χ1n) is 10.3. The summed E-state index contributed by atoms with van der Waals surface area (Å²) in [5.41, 5.74) is 0.631. The van der Waals surface area contributed by atoms with E-state index in [9.17, 15) is 24.8 Å². The van der Waals surface area contributed by atoms with Crippen LogP contribution in [-0.2, 0) is 25.4 Å². The van der Waals surface area contributed by atoms with E-state index in [1.54, 1.807) is 35.9 Å². The lowest BCUT2D eigenvalue weighted by molar-refractivity contribution is -0.383. The molecule has 0 unspecified atom stereocenters. The highest BCUT2D eigenvalue weighted by molar-refractivity contribution is 7.99. The number of carbonyl (C=O) groups excluding carboxylic acids is 1. The zero-order valence-electron chi connectivity index (χ0n) is 18.8. The highest BCUT2D eigenvalue weighted by Gasteiger charge is 2.22. The van der Waals surface area contributed by atoms with Crippen molar-refractivity contribution in [3.05, 3.63) is 69.7 Å². The number of nitrogens with zero attached hydrogens (tertiary/aromatic N) is 6. The number of rotatable bonds is 8. The van der Waals surface area contributed by atoms with Gasteiger partial charge in [-0.25, -0.2) is 4.79 Å². The molecule has 4 aromatic rings. The normalized spacial score (nSPS) is 11.0. The van der Waals surface area contributed by atoms with Crippen molar-refractivity contribution < 1.29 is 14.8 Å². The molecule has 0 bridgehead atoms. The average Bonchev–Trinajstić information content (AvgIpc) is 3.32. The number of hydrogen-bond acceptors (Lipinski definition) is 8. The Hall–Kier alpha value is -4.39. The lowest BCUT2D eigenvalue weighted by Gasteiger charge is -2.09. The lowest BCUT2D eigenvalue weighted by atomic mass is 10.2. The first-order valence-corrected chi connectivity index (χ1v) is 11.3. The Labute approximate surface area is 202 Å². The van der Waals surface area contributed by atoms with E-state index in [4.69, 9.17) is 0 Å². The van der Waals surface area contributed by atoms with Crippen molar-refractivity contribution in [3.63, 3.8) is 0 Å². The summed E-state index contributed by atoms with van der Waals surface area (Å²) in [7, 11) is 3.07. The molecule has 2 heterocycles. The van der Waals surface area contributed by atoms with E-state index in [-0.39, 0.29) is 28.6 Å². The van der Waals surface area contributed by atoms with Crippen molar-refractivity contribution >= 4 is 40.1 Å². The number of nitrogens with one attached hydrogen (secondary N) is 1. The number of allylic oxidation sites excluding steroid dienone is 1. The van der Waals surface area contributed by atoms with E-state index in [2.05, 4.69) is 22.1 Å². The number of aromatic nitrogens is 5. The number of anilines is 1. The van der Waals surface area contributed by atoms with Crippen molar-refractivity contribution in [2.45, 2.75) is 11.7 Å². The summed E-state index contributed by atoms with van der Waals surface area (Å²) >= 11 is 1.08. The largest absolute Gasteiger partial charge is 0.507 e. The van der Waals surface area contributed by atoms with Crippen molar-refractivity contribution in [2.24, 2.45) is 14.1 Å². The minimum Gasteiger partial charge on any atom is -0.507 e. The molecule has 0 aliphatic carbocycles. The second-order valence-corrected chi connectivity index (χ2v) is 8.52. The third kappa shape index (κ3) is 4.40. The number of aromatic hydroxyl groups is 1. The zero-order valence-corrected chi connectivity index (χ0v) is 19.7. The Morgan fingerprint density at radius 1 is 1.23 bits per heavy atom. The fourth-order valence-electron chi connectivity index (χ4n) is 3.65. The van der Waals surface area contributed by atoms with Crippen LogP contribution in [0.5, 0.6) is 5.75 Å². The number of hydrogen-bond donors (Lipinski definition) is 2. The number of phenolic OH excluding ortho intramolecular Hbond substituents is 1. The maximum absolute atomic E-state index is 12.7. The molecule has 0 aliphatic heterocycles. The Morgan fingerprint density at radius 3 is 2.57 bits per heavy atom. The first kappa shape index (κ1) is 23.8. The van der Waals surface area contributed by atoms with Crippen LogP contribution >= 0.6 is 11.8 Å². The molecule has 4 rings (SSSR count). The molecule has 0 saturated carbocycles. The number of nitro benzene ring substituents is 1. The average molecular weight is 496 g/mol. The van der Waals surface area contributed by atoms with Crippen LogP contribution in [0.3, 0.4) is 0 Å². The van der Waals surface area contributed by atoms with Crippen LogP contribution in [0.2, 0.25) is 0 Å². The minimum absolute atomic E-state index is 0.0169. The van der Waals surface area contributed by atoms with Gasteiger partial charge < -0.3 is 10.4 Å². The van der Waals surface area contributed by atoms with E-state index in [1.807, 2.05) is 0 Å². The molecular weight excluding hydrogens is 474 g/mol. The number of para-hydroxylation sites is 1. The monoisotopic (exact) mass is 495 g/mol. The predicted molar refractivity (Wildman–Crippen MR) is 131 cm³/mol. The minimum atomic E-state index is -0.612. The molecule has 0 atom stereocenters. The second kappa shape index (κ2) is 9.46. The number of imidazole rings is 1. The van der Waals surface area contributed by atoms with Gasteiger partial charge in [0.15, 0.2) is 11.0 Å². The molecule has 2 N–H and O–H groups in total. The fraction of sp³-hybridized carbons (Fsp3) is 0.182. The van der Waals surface area contributed by atoms with Crippen LogP contribution in [-0.4, -0.2) is 45.6 Å². The molecule has 0 fully saturated rings. The van der Waals surface area contributed by atoms with E-state index in [0.717, 1.165) is 11.8 Å². The van der Waals surface area contributed by atoms with E-state index in [0.29, 0.717) is 34.1 Å². The summed E-state index contributed by atoms with van der Waals surface area (Å²) in [6, 6.07) is 9.36. The Bertz CT molecular complexity index is 1540. The molecular formula is C22H21N7O5S. The summed E-state index contributed by atoms with van der Waals surface area (Å²) in [5, 5.41) is 33.0. The van der Waals surface area contributed by atoms with Gasteiger partial charge in [-0.2, -0.15) is 0 Å². The molecule has 2 aromatic heterocycles. The number of fused-ring (bicyclic) bond motifs is 1. The third-order valence-corrected chi connectivity index (χ3v) is 6.33. The van der Waals surface area contributed by atoms with Gasteiger partial charge in [0.05, 0.1) is 27.3 Å². The Kier molecular flexibility index (Phi) is 6.42. The van der Waals surface area contributed by atoms with Crippen LogP contribution in [0, 0.1) is 10.1 Å². The zero-order chi connectivity index (χ0) is 25.3. The summed E-state index contributed by atoms with van der Waals surface area (Å²) in [6.45, 7) is 4.07. The number of thioether (sulfide) groups is 1. The topological polar surface area (TPSA) is 150 Å². The van der Waals surface area contributed by atoms with Crippen LogP contribution in [0.15, 0.2) is 59.0 Å². The molecule has 13 heteroatoms. The Morgan fingerprint density at radius 2 is 1.91 bits per heavy atom. The predicted octanol–water partition coefficient (Wildman–Crippen LogP) is 2.67. The van der Waals surface area contributed by atoms with E-state index >= 15 is 0 Å². The number of carbonyl (C=O) groups is 1. The molecule has 12 nitrogen and oxygen atoms in total. The molecule has 35 heavy (non-hydrogen) atoms. The summed E-state index contributed by atoms with van der Waals surface area (Å²) < 4.78 is 4.36. The van der Waals surface area contributed by atoms with Gasteiger partial charge in [-0.1, -0.05) is 30.0 Å². The SMILES string of the molecule is C=CCn1c(SCC(=O)Nc2cc3c(cc2[N+](=O)[O-])n(C)c(=O)n3C)nnc1-c1ccccc1O. The summed E-state index contributed by atoms with van der Waals surface area (Å²) in [5.74, 6) is -0.163. The number of benzene rings is 2. The van der Waals surface area contributed by atoms with Gasteiger partial charge in [-0.3, -0.25) is 28.6 Å². The number of amides is 1. The second-order valence-electron chi connectivity index (χ2n) is 7.58. The molecule has 1 amide bonds. The van der Waals surface area contributed by atoms with E-state index in [1.165, 1.54) is 34.4 Å². The van der Waals surface area contributed by atoms with Gasteiger partial charge in [-0.05, 0) is 18.2 Å². The van der Waals surface area contributed by atoms with Crippen LogP contribution in [0.4, 0.5) is 11.4 Å². The fourth-order valence-corrected chi connectivity index (χ4v) is 4.40. The van der Waals surface area contributed by atoms with Gasteiger partial charge in [-0.15, -0.1) is 16.8 Å². The molecule has 0 spiro atoms. The van der Waals surface area contributed by atoms with Crippen LogP contribution < -0.4 is 11.0 Å². The van der Waals surface area contributed by atoms with Crippen molar-refractivity contribution in [1.82, 2.24) is 23.9 Å². The van der Waals surface area contributed by atoms with Crippen molar-refractivity contribution in [1.29, 1.82) is 0 Å². The summed E-state index contributed by atoms with van der Waals surface area (Å²) in [4.78, 5) is 35.9. The third-order valence-electron chi connectivity index (χ3n) is 5.37. The number of aryl methyl sites for hydroxylation is 2. The first-order chi connectivity index (χ1) is 16.7. The van der Waals surface area contributed by atoms with Crippen LogP contribution in [0.1, 0.15) is 0 Å². The quantitative estimate of drug-likeness (QED) is 0.164. The number of nitro groups is 1. The molecule has 180 valence electrons. The standard InChI is InChI=1S/C22H21N7O5S/c1-4-9-28-20(13-7-5-6-8-18(13)30)24-25-21(28)35-12-19(31)23-14-10-16-17(11-15(14)29(33)34)27(3)22(32)26(16)2/h4-8,10-11,30H,1,9,12H2,2-3H3,(H,23,31).